The molecule has 0 unspecified atom stereocenters. The van der Waals surface area contributed by atoms with E-state index < -0.39 is 0 Å². The molecule has 0 radical (unpaired) electrons. The maximum Gasteiger partial charge on any atom is 0.319 e. The molecule has 2 heterocycles. The number of rotatable bonds is 6. The maximum absolute atomic E-state index is 12.6. The summed E-state index contributed by atoms with van der Waals surface area (Å²) >= 11 is 0. The van der Waals surface area contributed by atoms with Gasteiger partial charge in [-0.15, -0.1) is 10.2 Å². The number of anilines is 1. The highest BCUT2D eigenvalue weighted by Gasteiger charge is 2.19. The van der Waals surface area contributed by atoms with Crippen molar-refractivity contribution in [3.63, 3.8) is 0 Å². The van der Waals surface area contributed by atoms with Gasteiger partial charge in [0.2, 0.25) is 0 Å². The first-order valence-electron chi connectivity index (χ1n) is 8.49. The van der Waals surface area contributed by atoms with E-state index in [9.17, 15) is 4.79 Å². The third kappa shape index (κ3) is 3.98. The van der Waals surface area contributed by atoms with Crippen LogP contribution in [0.1, 0.15) is 17.3 Å². The number of aryl methyl sites for hydroxylation is 2. The largest absolute Gasteiger partial charge is 0.382 e. The van der Waals surface area contributed by atoms with Gasteiger partial charge in [-0.25, -0.2) is 4.79 Å². The van der Waals surface area contributed by atoms with Crippen molar-refractivity contribution >= 4 is 11.7 Å². The average molecular weight is 369 g/mol. The molecule has 9 heteroatoms. The molecule has 3 rings (SSSR count). The molecule has 3 aromatic rings. The van der Waals surface area contributed by atoms with Gasteiger partial charge in [0.25, 0.3) is 0 Å². The highest BCUT2D eigenvalue weighted by Crippen LogP contribution is 2.26. The van der Waals surface area contributed by atoms with Crippen molar-refractivity contribution in [2.75, 3.05) is 19.0 Å². The number of ether oxygens (including phenoxy) is 1. The van der Waals surface area contributed by atoms with Crippen molar-refractivity contribution in [2.24, 2.45) is 14.1 Å². The quantitative estimate of drug-likeness (QED) is 0.693. The minimum Gasteiger partial charge on any atom is -0.382 e. The van der Waals surface area contributed by atoms with E-state index in [1.54, 1.807) is 24.3 Å². The molecule has 1 atom stereocenters. The summed E-state index contributed by atoms with van der Waals surface area (Å²) in [6.45, 7) is 2.28. The minimum absolute atomic E-state index is 0.315. The molecule has 2 N–H and O–H groups in total. The lowest BCUT2D eigenvalue weighted by Crippen LogP contribution is -2.36. The van der Waals surface area contributed by atoms with Crippen LogP contribution in [0, 0.1) is 6.92 Å². The molecule has 1 aromatic carbocycles. The fraction of sp³-hybridized carbons (Fsp3) is 0.333. The second-order valence-corrected chi connectivity index (χ2v) is 6.23. The first kappa shape index (κ1) is 18.6. The second kappa shape index (κ2) is 8.00. The minimum atomic E-state index is -0.323. The Hall–Kier alpha value is -3.20. The maximum atomic E-state index is 12.6. The molecular formula is C18H23N7O2. The van der Waals surface area contributed by atoms with Crippen LogP contribution in [0.15, 0.2) is 36.8 Å². The summed E-state index contributed by atoms with van der Waals surface area (Å²) in [7, 11) is 5.30. The molecule has 0 saturated carbocycles. The number of amides is 2. The van der Waals surface area contributed by atoms with Crippen LogP contribution >= 0.6 is 0 Å². The van der Waals surface area contributed by atoms with Crippen LogP contribution < -0.4 is 10.6 Å². The van der Waals surface area contributed by atoms with E-state index in [0.29, 0.717) is 12.3 Å². The Kier molecular flexibility index (Phi) is 5.51. The first-order valence-corrected chi connectivity index (χ1v) is 8.49. The van der Waals surface area contributed by atoms with Crippen LogP contribution in [0.3, 0.4) is 0 Å². The lowest BCUT2D eigenvalue weighted by atomic mass is 10.1. The van der Waals surface area contributed by atoms with Gasteiger partial charge in [-0.2, -0.15) is 5.10 Å². The molecule has 0 saturated heterocycles. The molecule has 0 aliphatic heterocycles. The standard InChI is InChI=1S/C18H23N7O2/c1-12-13(17-23-19-11-24(17)2)6-5-7-14(12)21-18(26)22-15(10-27-4)16-8-9-20-25(16)3/h5-9,11,15H,10H2,1-4H3,(H2,21,22,26)/t15-/m0/s1. The Bertz CT molecular complexity index is 931. The third-order valence-electron chi connectivity index (χ3n) is 4.39. The topological polar surface area (TPSA) is 98.9 Å². The highest BCUT2D eigenvalue weighted by molar-refractivity contribution is 5.91. The van der Waals surface area contributed by atoms with Gasteiger partial charge in [-0.1, -0.05) is 12.1 Å². The number of urea groups is 1. The molecule has 9 nitrogen and oxygen atoms in total. The van der Waals surface area contributed by atoms with Crippen molar-refractivity contribution < 1.29 is 9.53 Å². The number of carbonyl (C=O) groups is 1. The summed E-state index contributed by atoms with van der Waals surface area (Å²) in [5.74, 6) is 0.740. The van der Waals surface area contributed by atoms with Crippen LogP contribution in [-0.4, -0.2) is 44.3 Å². The zero-order valence-electron chi connectivity index (χ0n) is 15.8. The van der Waals surface area contributed by atoms with Gasteiger partial charge in [-0.3, -0.25) is 4.68 Å². The smallest absolute Gasteiger partial charge is 0.319 e. The molecule has 0 aliphatic carbocycles. The number of aromatic nitrogens is 5. The van der Waals surface area contributed by atoms with Gasteiger partial charge >= 0.3 is 6.03 Å². The number of benzene rings is 1. The Morgan fingerprint density at radius 3 is 2.74 bits per heavy atom. The summed E-state index contributed by atoms with van der Waals surface area (Å²) in [5, 5.41) is 18.0. The Morgan fingerprint density at radius 2 is 2.11 bits per heavy atom. The third-order valence-corrected chi connectivity index (χ3v) is 4.39. The van der Waals surface area contributed by atoms with Crippen molar-refractivity contribution in [1.29, 1.82) is 0 Å². The SMILES string of the molecule is COC[C@H](NC(=O)Nc1cccc(-c2nncn2C)c1C)c1ccnn1C. The predicted octanol–water partition coefficient (Wildman–Crippen LogP) is 2.03. The van der Waals surface area contributed by atoms with Crippen LogP contribution in [0.4, 0.5) is 10.5 Å². The fourth-order valence-corrected chi connectivity index (χ4v) is 2.95. The summed E-state index contributed by atoms with van der Waals surface area (Å²) in [6.07, 6.45) is 3.33. The second-order valence-electron chi connectivity index (χ2n) is 6.23. The van der Waals surface area contributed by atoms with Crippen molar-refractivity contribution in [2.45, 2.75) is 13.0 Å². The molecule has 0 aliphatic rings. The van der Waals surface area contributed by atoms with Crippen LogP contribution in [0.2, 0.25) is 0 Å². The normalized spacial score (nSPS) is 12.0. The Morgan fingerprint density at radius 1 is 1.30 bits per heavy atom. The van der Waals surface area contributed by atoms with Crippen molar-refractivity contribution in [1.82, 2.24) is 29.9 Å². The highest BCUT2D eigenvalue weighted by atomic mass is 16.5. The van der Waals surface area contributed by atoms with E-state index >= 15 is 0 Å². The van der Waals surface area contributed by atoms with E-state index in [-0.39, 0.29) is 12.1 Å². The van der Waals surface area contributed by atoms with Gasteiger partial charge in [0.1, 0.15) is 6.33 Å². The molecule has 2 aromatic heterocycles. The van der Waals surface area contributed by atoms with E-state index in [2.05, 4.69) is 25.9 Å². The van der Waals surface area contributed by atoms with E-state index in [4.69, 9.17) is 4.74 Å². The fourth-order valence-electron chi connectivity index (χ4n) is 2.95. The molecule has 27 heavy (non-hydrogen) atoms. The summed E-state index contributed by atoms with van der Waals surface area (Å²) < 4.78 is 8.79. The Labute approximate surface area is 157 Å². The monoisotopic (exact) mass is 369 g/mol. The number of hydrogen-bond donors (Lipinski definition) is 2. The number of methoxy groups -OCH3 is 1. The Balaban J connectivity index is 1.78. The number of nitrogens with one attached hydrogen (secondary N) is 2. The van der Waals surface area contributed by atoms with Crippen molar-refractivity contribution in [3.8, 4) is 11.4 Å². The molecule has 0 bridgehead atoms. The number of hydrogen-bond acceptors (Lipinski definition) is 5. The molecule has 2 amide bonds. The van der Waals surface area contributed by atoms with Crippen LogP contribution in [0.25, 0.3) is 11.4 Å². The number of carbonyl (C=O) groups excluding carboxylic acids is 1. The van der Waals surface area contributed by atoms with E-state index in [0.717, 1.165) is 22.6 Å². The first-order chi connectivity index (χ1) is 13.0. The summed E-state index contributed by atoms with van der Waals surface area (Å²) in [6, 6.07) is 6.89. The average Bonchev–Trinajstić information content (AvgIpc) is 3.25. The van der Waals surface area contributed by atoms with E-state index in [1.807, 2.05) is 49.9 Å². The van der Waals surface area contributed by atoms with Gasteiger partial charge in [0.05, 0.1) is 18.3 Å². The van der Waals surface area contributed by atoms with Gasteiger partial charge in [-0.05, 0) is 24.6 Å². The molecular weight excluding hydrogens is 346 g/mol. The summed E-state index contributed by atoms with van der Waals surface area (Å²) in [5.41, 5.74) is 3.38. The van der Waals surface area contributed by atoms with E-state index in [1.165, 1.54) is 0 Å². The summed E-state index contributed by atoms with van der Waals surface area (Å²) in [4.78, 5) is 12.6. The van der Waals surface area contributed by atoms with Gasteiger partial charge in [0.15, 0.2) is 5.82 Å². The van der Waals surface area contributed by atoms with Crippen LogP contribution in [-0.2, 0) is 18.8 Å². The van der Waals surface area contributed by atoms with Crippen molar-refractivity contribution in [3.05, 3.63) is 48.0 Å². The number of nitrogens with zero attached hydrogens (tertiary/aromatic N) is 5. The molecule has 142 valence electrons. The van der Waals surface area contributed by atoms with Gasteiger partial charge < -0.3 is 19.9 Å². The van der Waals surface area contributed by atoms with Gasteiger partial charge in [0, 0.05) is 38.7 Å². The van der Waals surface area contributed by atoms with Crippen LogP contribution in [0.5, 0.6) is 0 Å². The molecule has 0 spiro atoms. The zero-order chi connectivity index (χ0) is 19.4. The lowest BCUT2D eigenvalue weighted by Gasteiger charge is -2.19. The molecule has 0 fully saturated rings. The lowest BCUT2D eigenvalue weighted by molar-refractivity contribution is 0.165. The predicted molar refractivity (Wildman–Crippen MR) is 101 cm³/mol. The zero-order valence-corrected chi connectivity index (χ0v) is 15.8.